The first kappa shape index (κ1) is 12.8. The number of nitrogens with zero attached hydrogens (tertiary/aromatic N) is 3. The maximum absolute atomic E-state index is 12.3. The average molecular weight is 273 g/mol. The number of rotatable bonds is 6. The number of hydrogen-bond donors (Lipinski definition) is 3. The predicted molar refractivity (Wildman–Crippen MR) is 63.5 cm³/mol. The molecule has 0 radical (unpaired) electrons. The van der Waals surface area contributed by atoms with Gasteiger partial charge in [0, 0.05) is 25.2 Å². The normalized spacial score (nSPS) is 17.3. The summed E-state index contributed by atoms with van der Waals surface area (Å²) < 4.78 is 26.0. The van der Waals surface area contributed by atoms with Gasteiger partial charge in [-0.1, -0.05) is 5.16 Å². The molecule has 18 heavy (non-hydrogen) atoms. The van der Waals surface area contributed by atoms with Gasteiger partial charge in [0.1, 0.15) is 10.7 Å². The minimum absolute atomic E-state index is 0.0105. The SMILES string of the molecule is NC(CCN(C1CC1)S(=O)(=O)c1cn[nH]c1)=NO. The van der Waals surface area contributed by atoms with Crippen LogP contribution in [-0.2, 0) is 10.0 Å². The Labute approximate surface area is 105 Å². The van der Waals surface area contributed by atoms with E-state index in [0.29, 0.717) is 0 Å². The molecule has 100 valence electrons. The van der Waals surface area contributed by atoms with Crippen molar-refractivity contribution in [2.45, 2.75) is 30.2 Å². The Kier molecular flexibility index (Phi) is 3.53. The minimum Gasteiger partial charge on any atom is -0.409 e. The van der Waals surface area contributed by atoms with Crippen LogP contribution in [0, 0.1) is 0 Å². The van der Waals surface area contributed by atoms with Gasteiger partial charge in [0.05, 0.1) is 6.20 Å². The van der Waals surface area contributed by atoms with Crippen molar-refractivity contribution in [3.8, 4) is 0 Å². The van der Waals surface area contributed by atoms with Crippen LogP contribution in [0.5, 0.6) is 0 Å². The van der Waals surface area contributed by atoms with Crippen LogP contribution in [0.1, 0.15) is 19.3 Å². The molecule has 9 heteroatoms. The van der Waals surface area contributed by atoms with Crippen LogP contribution in [0.3, 0.4) is 0 Å². The lowest BCUT2D eigenvalue weighted by Crippen LogP contribution is -2.35. The quantitative estimate of drug-likeness (QED) is 0.284. The fourth-order valence-electron chi connectivity index (χ4n) is 1.65. The molecule has 0 aromatic carbocycles. The first-order valence-corrected chi connectivity index (χ1v) is 6.96. The molecule has 1 aromatic rings. The van der Waals surface area contributed by atoms with Crippen LogP contribution in [0.15, 0.2) is 22.4 Å². The number of aromatic amines is 1. The van der Waals surface area contributed by atoms with E-state index < -0.39 is 10.0 Å². The van der Waals surface area contributed by atoms with E-state index in [1.54, 1.807) is 0 Å². The van der Waals surface area contributed by atoms with E-state index in [-0.39, 0.29) is 29.7 Å². The molecular formula is C9H15N5O3S. The van der Waals surface area contributed by atoms with Crippen molar-refractivity contribution in [2.75, 3.05) is 6.54 Å². The van der Waals surface area contributed by atoms with Gasteiger partial charge in [0.15, 0.2) is 0 Å². The van der Waals surface area contributed by atoms with Gasteiger partial charge in [-0.05, 0) is 12.8 Å². The standard InChI is InChI=1S/C9H15N5O3S/c10-9(13-15)3-4-14(7-1-2-7)18(16,17)8-5-11-12-6-8/h5-7,15H,1-4H2,(H2,10,13)(H,11,12). The highest BCUT2D eigenvalue weighted by molar-refractivity contribution is 7.89. The summed E-state index contributed by atoms with van der Waals surface area (Å²) in [7, 11) is -3.55. The molecule has 0 bridgehead atoms. The van der Waals surface area contributed by atoms with Gasteiger partial charge in [-0.15, -0.1) is 0 Å². The maximum atomic E-state index is 12.3. The first-order chi connectivity index (χ1) is 8.55. The number of sulfonamides is 1. The second-order valence-electron chi connectivity index (χ2n) is 4.12. The number of aromatic nitrogens is 2. The van der Waals surface area contributed by atoms with E-state index in [9.17, 15) is 8.42 Å². The maximum Gasteiger partial charge on any atom is 0.246 e. The number of amidine groups is 1. The Hall–Kier alpha value is -1.61. The molecular weight excluding hydrogens is 258 g/mol. The third-order valence-electron chi connectivity index (χ3n) is 2.75. The Morgan fingerprint density at radius 2 is 2.39 bits per heavy atom. The van der Waals surface area contributed by atoms with Crippen molar-refractivity contribution in [3.63, 3.8) is 0 Å². The zero-order valence-electron chi connectivity index (χ0n) is 9.65. The van der Waals surface area contributed by atoms with Crippen molar-refractivity contribution < 1.29 is 13.6 Å². The first-order valence-electron chi connectivity index (χ1n) is 5.52. The van der Waals surface area contributed by atoms with E-state index in [4.69, 9.17) is 10.9 Å². The molecule has 4 N–H and O–H groups in total. The van der Waals surface area contributed by atoms with E-state index in [1.165, 1.54) is 16.7 Å². The van der Waals surface area contributed by atoms with Crippen LogP contribution in [-0.4, -0.2) is 46.5 Å². The number of nitrogens with one attached hydrogen (secondary N) is 1. The lowest BCUT2D eigenvalue weighted by atomic mass is 10.4. The van der Waals surface area contributed by atoms with Crippen LogP contribution >= 0.6 is 0 Å². The van der Waals surface area contributed by atoms with E-state index >= 15 is 0 Å². The Morgan fingerprint density at radius 1 is 1.67 bits per heavy atom. The van der Waals surface area contributed by atoms with Crippen molar-refractivity contribution in [2.24, 2.45) is 10.9 Å². The number of hydrogen-bond acceptors (Lipinski definition) is 5. The second-order valence-corrected chi connectivity index (χ2v) is 6.01. The molecule has 1 heterocycles. The third-order valence-corrected chi connectivity index (χ3v) is 4.67. The molecule has 0 unspecified atom stereocenters. The molecule has 1 aliphatic rings. The lowest BCUT2D eigenvalue weighted by Gasteiger charge is -2.20. The molecule has 8 nitrogen and oxygen atoms in total. The van der Waals surface area contributed by atoms with Crippen molar-refractivity contribution in [1.82, 2.24) is 14.5 Å². The zero-order valence-corrected chi connectivity index (χ0v) is 10.5. The summed E-state index contributed by atoms with van der Waals surface area (Å²) in [6.07, 6.45) is 4.49. The van der Waals surface area contributed by atoms with Crippen molar-refractivity contribution in [3.05, 3.63) is 12.4 Å². The van der Waals surface area contributed by atoms with Crippen molar-refractivity contribution in [1.29, 1.82) is 0 Å². The molecule has 1 aromatic heterocycles. The molecule has 2 rings (SSSR count). The fraction of sp³-hybridized carbons (Fsp3) is 0.556. The number of H-pyrrole nitrogens is 1. The summed E-state index contributed by atoms with van der Waals surface area (Å²) in [5, 5.41) is 17.4. The molecule has 0 atom stereocenters. The summed E-state index contributed by atoms with van der Waals surface area (Å²) in [5.41, 5.74) is 5.36. The zero-order chi connectivity index (χ0) is 13.2. The number of oxime groups is 1. The van der Waals surface area contributed by atoms with Crippen LogP contribution in [0.4, 0.5) is 0 Å². The highest BCUT2D eigenvalue weighted by Gasteiger charge is 2.38. The van der Waals surface area contributed by atoms with Crippen LogP contribution < -0.4 is 5.73 Å². The predicted octanol–water partition coefficient (Wildman–Crippen LogP) is -0.301. The van der Waals surface area contributed by atoms with Crippen LogP contribution in [0.25, 0.3) is 0 Å². The van der Waals surface area contributed by atoms with Gasteiger partial charge in [-0.2, -0.15) is 9.40 Å². The Morgan fingerprint density at radius 3 is 2.89 bits per heavy atom. The number of nitrogens with two attached hydrogens (primary N) is 1. The summed E-state index contributed by atoms with van der Waals surface area (Å²) in [4.78, 5) is 0.133. The smallest absolute Gasteiger partial charge is 0.246 e. The van der Waals surface area contributed by atoms with Gasteiger partial charge < -0.3 is 10.9 Å². The van der Waals surface area contributed by atoms with Crippen LogP contribution in [0.2, 0.25) is 0 Å². The van der Waals surface area contributed by atoms with Gasteiger partial charge in [-0.3, -0.25) is 5.10 Å². The summed E-state index contributed by atoms with van der Waals surface area (Å²) in [5.74, 6) is 0.0167. The fourth-order valence-corrected chi connectivity index (χ4v) is 3.25. The molecule has 1 saturated carbocycles. The molecule has 0 spiro atoms. The summed E-state index contributed by atoms with van der Waals surface area (Å²) >= 11 is 0. The molecule has 0 aliphatic heterocycles. The van der Waals surface area contributed by atoms with E-state index in [1.807, 2.05) is 0 Å². The van der Waals surface area contributed by atoms with E-state index in [0.717, 1.165) is 12.8 Å². The average Bonchev–Trinajstić information content (AvgIpc) is 3.00. The highest BCUT2D eigenvalue weighted by atomic mass is 32.2. The second kappa shape index (κ2) is 4.94. The monoisotopic (exact) mass is 273 g/mol. The summed E-state index contributed by atoms with van der Waals surface area (Å²) in [6.45, 7) is 0.202. The van der Waals surface area contributed by atoms with Gasteiger partial charge in [0.25, 0.3) is 0 Å². The highest BCUT2D eigenvalue weighted by Crippen LogP contribution is 2.31. The topological polar surface area (TPSA) is 125 Å². The summed E-state index contributed by atoms with van der Waals surface area (Å²) in [6, 6.07) is 0.0105. The van der Waals surface area contributed by atoms with Gasteiger partial charge in [0.2, 0.25) is 10.0 Å². The lowest BCUT2D eigenvalue weighted by molar-refractivity contribution is 0.315. The minimum atomic E-state index is -3.55. The Balaban J connectivity index is 2.15. The largest absolute Gasteiger partial charge is 0.409 e. The Bertz CT molecular complexity index is 520. The molecule has 0 amide bonds. The third kappa shape index (κ3) is 2.62. The van der Waals surface area contributed by atoms with Gasteiger partial charge in [-0.25, -0.2) is 8.42 Å². The molecule has 1 fully saturated rings. The van der Waals surface area contributed by atoms with Crippen molar-refractivity contribution >= 4 is 15.9 Å². The molecule has 1 aliphatic carbocycles. The van der Waals surface area contributed by atoms with Gasteiger partial charge >= 0.3 is 0 Å². The van der Waals surface area contributed by atoms with E-state index in [2.05, 4.69) is 15.4 Å². The molecule has 0 saturated heterocycles.